The quantitative estimate of drug-likeness (QED) is 0.919. The summed E-state index contributed by atoms with van der Waals surface area (Å²) in [5.41, 5.74) is 7.53. The Hall–Kier alpha value is -1.26. The molecule has 0 aliphatic rings. The van der Waals surface area contributed by atoms with Crippen molar-refractivity contribution in [3.8, 4) is 17.0 Å². The van der Waals surface area contributed by atoms with Gasteiger partial charge in [0.1, 0.15) is 16.4 Å². The van der Waals surface area contributed by atoms with Gasteiger partial charge in [-0.1, -0.05) is 31.5 Å². The first-order valence-corrected chi connectivity index (χ1v) is 6.83. The Bertz CT molecular complexity index is 566. The van der Waals surface area contributed by atoms with Crippen molar-refractivity contribution in [2.24, 2.45) is 0 Å². The van der Waals surface area contributed by atoms with Gasteiger partial charge in [0.05, 0.1) is 22.7 Å². The molecule has 0 amide bonds. The number of hydrogen-bond acceptors (Lipinski definition) is 4. The zero-order valence-corrected chi connectivity index (χ0v) is 12.1. The Morgan fingerprint density at radius 3 is 2.67 bits per heavy atom. The van der Waals surface area contributed by atoms with E-state index in [9.17, 15) is 0 Å². The number of benzene rings is 1. The fourth-order valence-electron chi connectivity index (χ4n) is 1.68. The molecule has 0 bridgehead atoms. The minimum absolute atomic E-state index is 0.347. The molecule has 96 valence electrons. The summed E-state index contributed by atoms with van der Waals surface area (Å²) in [5.74, 6) is 1.04. The van der Waals surface area contributed by atoms with Crippen LogP contribution in [0.2, 0.25) is 5.02 Å². The van der Waals surface area contributed by atoms with Crippen molar-refractivity contribution in [2.45, 2.75) is 19.8 Å². The fourth-order valence-corrected chi connectivity index (χ4v) is 2.78. The maximum absolute atomic E-state index is 6.23. The summed E-state index contributed by atoms with van der Waals surface area (Å²) >= 11 is 7.73. The van der Waals surface area contributed by atoms with E-state index in [1.807, 2.05) is 18.2 Å². The summed E-state index contributed by atoms with van der Waals surface area (Å²) in [6, 6.07) is 5.51. The summed E-state index contributed by atoms with van der Waals surface area (Å²) in [6.07, 6.45) is 0. The number of methoxy groups -OCH3 is 1. The van der Waals surface area contributed by atoms with Crippen LogP contribution in [0.15, 0.2) is 18.2 Å². The molecule has 0 unspecified atom stereocenters. The SMILES string of the molecule is COc1cccc(Cl)c1-c1nc(C(C)C)sc1N. The Morgan fingerprint density at radius 1 is 1.39 bits per heavy atom. The van der Waals surface area contributed by atoms with Crippen LogP contribution in [-0.4, -0.2) is 12.1 Å². The van der Waals surface area contributed by atoms with Crippen molar-refractivity contribution in [3.05, 3.63) is 28.2 Å². The van der Waals surface area contributed by atoms with Gasteiger partial charge in [0, 0.05) is 5.92 Å². The van der Waals surface area contributed by atoms with E-state index >= 15 is 0 Å². The molecule has 0 fully saturated rings. The first kappa shape index (κ1) is 13.2. The molecule has 2 rings (SSSR count). The first-order chi connectivity index (χ1) is 8.54. The van der Waals surface area contributed by atoms with E-state index in [1.165, 1.54) is 11.3 Å². The highest BCUT2D eigenvalue weighted by molar-refractivity contribution is 7.16. The normalized spacial score (nSPS) is 10.9. The van der Waals surface area contributed by atoms with Crippen LogP contribution in [0.25, 0.3) is 11.3 Å². The fraction of sp³-hybridized carbons (Fsp3) is 0.308. The van der Waals surface area contributed by atoms with Crippen LogP contribution in [0.1, 0.15) is 24.8 Å². The van der Waals surface area contributed by atoms with Gasteiger partial charge in [0.15, 0.2) is 0 Å². The molecule has 1 aromatic carbocycles. The Morgan fingerprint density at radius 2 is 2.11 bits per heavy atom. The third-order valence-electron chi connectivity index (χ3n) is 2.60. The standard InChI is InChI=1S/C13H15ClN2OS/c1-7(2)13-16-11(12(15)18-13)10-8(14)5-4-6-9(10)17-3/h4-7H,15H2,1-3H3. The van der Waals surface area contributed by atoms with Crippen LogP contribution in [0.5, 0.6) is 5.75 Å². The molecule has 2 aromatic rings. The number of nitrogens with two attached hydrogens (primary N) is 1. The third kappa shape index (κ3) is 2.31. The minimum Gasteiger partial charge on any atom is -0.496 e. The van der Waals surface area contributed by atoms with Gasteiger partial charge in [0.2, 0.25) is 0 Å². The van der Waals surface area contributed by atoms with E-state index in [4.69, 9.17) is 22.1 Å². The van der Waals surface area contributed by atoms with Crippen LogP contribution in [-0.2, 0) is 0 Å². The predicted octanol–water partition coefficient (Wildman–Crippen LogP) is 4.18. The second-order valence-electron chi connectivity index (χ2n) is 4.24. The average molecular weight is 283 g/mol. The number of anilines is 1. The molecular formula is C13H15ClN2OS. The highest BCUT2D eigenvalue weighted by Crippen LogP contribution is 2.41. The molecule has 3 nitrogen and oxygen atoms in total. The molecule has 0 aliphatic carbocycles. The number of rotatable bonds is 3. The van der Waals surface area contributed by atoms with Crippen LogP contribution in [0.3, 0.4) is 0 Å². The van der Waals surface area contributed by atoms with E-state index in [0.29, 0.717) is 27.4 Å². The summed E-state index contributed by atoms with van der Waals surface area (Å²) < 4.78 is 5.33. The van der Waals surface area contributed by atoms with Gasteiger partial charge in [-0.15, -0.1) is 11.3 Å². The lowest BCUT2D eigenvalue weighted by atomic mass is 10.1. The van der Waals surface area contributed by atoms with Crippen molar-refractivity contribution in [1.82, 2.24) is 4.98 Å². The van der Waals surface area contributed by atoms with Crippen LogP contribution in [0.4, 0.5) is 5.00 Å². The largest absolute Gasteiger partial charge is 0.496 e. The van der Waals surface area contributed by atoms with E-state index in [-0.39, 0.29) is 0 Å². The number of thiazole rings is 1. The predicted molar refractivity (Wildman–Crippen MR) is 77.6 cm³/mol. The molecule has 18 heavy (non-hydrogen) atoms. The van der Waals surface area contributed by atoms with E-state index in [0.717, 1.165) is 10.6 Å². The molecular weight excluding hydrogens is 268 g/mol. The van der Waals surface area contributed by atoms with Crippen molar-refractivity contribution in [3.63, 3.8) is 0 Å². The topological polar surface area (TPSA) is 48.1 Å². The summed E-state index contributed by atoms with van der Waals surface area (Å²) in [7, 11) is 1.61. The monoisotopic (exact) mass is 282 g/mol. The molecule has 0 saturated heterocycles. The van der Waals surface area contributed by atoms with Crippen molar-refractivity contribution in [2.75, 3.05) is 12.8 Å². The van der Waals surface area contributed by atoms with Gasteiger partial charge in [-0.2, -0.15) is 0 Å². The average Bonchev–Trinajstić information content (AvgIpc) is 2.71. The number of hydrogen-bond donors (Lipinski definition) is 1. The van der Waals surface area contributed by atoms with Crippen molar-refractivity contribution >= 4 is 27.9 Å². The molecule has 0 aliphatic heterocycles. The highest BCUT2D eigenvalue weighted by Gasteiger charge is 2.18. The summed E-state index contributed by atoms with van der Waals surface area (Å²) in [6.45, 7) is 4.18. The number of aromatic nitrogens is 1. The van der Waals surface area contributed by atoms with Crippen LogP contribution >= 0.6 is 22.9 Å². The van der Waals surface area contributed by atoms with Gasteiger partial charge >= 0.3 is 0 Å². The molecule has 5 heteroatoms. The molecule has 0 saturated carbocycles. The minimum atomic E-state index is 0.347. The summed E-state index contributed by atoms with van der Waals surface area (Å²) in [5, 5.41) is 2.27. The summed E-state index contributed by atoms with van der Waals surface area (Å²) in [4.78, 5) is 4.58. The third-order valence-corrected chi connectivity index (χ3v) is 4.10. The van der Waals surface area contributed by atoms with Gasteiger partial charge in [0.25, 0.3) is 0 Å². The molecule has 0 atom stereocenters. The molecule has 2 N–H and O–H groups in total. The van der Waals surface area contributed by atoms with Crippen LogP contribution in [0, 0.1) is 0 Å². The smallest absolute Gasteiger partial charge is 0.129 e. The van der Waals surface area contributed by atoms with E-state index in [1.54, 1.807) is 7.11 Å². The second kappa shape index (κ2) is 5.16. The Balaban J connectivity index is 2.61. The van der Waals surface area contributed by atoms with Crippen molar-refractivity contribution in [1.29, 1.82) is 0 Å². The van der Waals surface area contributed by atoms with Crippen LogP contribution < -0.4 is 10.5 Å². The molecule has 0 spiro atoms. The lowest BCUT2D eigenvalue weighted by Crippen LogP contribution is -1.93. The molecule has 1 heterocycles. The Labute approximate surface area is 116 Å². The number of nitrogen functional groups attached to an aromatic ring is 1. The highest BCUT2D eigenvalue weighted by atomic mass is 35.5. The van der Waals surface area contributed by atoms with Gasteiger partial charge < -0.3 is 10.5 Å². The van der Waals surface area contributed by atoms with Crippen molar-refractivity contribution < 1.29 is 4.74 Å². The zero-order chi connectivity index (χ0) is 13.3. The van der Waals surface area contributed by atoms with Gasteiger partial charge in [-0.3, -0.25) is 0 Å². The van der Waals surface area contributed by atoms with Gasteiger partial charge in [-0.05, 0) is 12.1 Å². The number of nitrogens with zero attached hydrogens (tertiary/aromatic N) is 1. The van der Waals surface area contributed by atoms with E-state index < -0.39 is 0 Å². The maximum Gasteiger partial charge on any atom is 0.129 e. The molecule has 1 aromatic heterocycles. The lowest BCUT2D eigenvalue weighted by molar-refractivity contribution is 0.416. The Kier molecular flexibility index (Phi) is 3.78. The van der Waals surface area contributed by atoms with E-state index in [2.05, 4.69) is 18.8 Å². The maximum atomic E-state index is 6.23. The number of halogens is 1. The van der Waals surface area contributed by atoms with Gasteiger partial charge in [-0.25, -0.2) is 4.98 Å². The first-order valence-electron chi connectivity index (χ1n) is 5.63. The molecule has 0 radical (unpaired) electrons. The second-order valence-corrected chi connectivity index (χ2v) is 5.71. The number of ether oxygens (including phenoxy) is 1. The lowest BCUT2D eigenvalue weighted by Gasteiger charge is -2.08. The zero-order valence-electron chi connectivity index (χ0n) is 10.5.